The van der Waals surface area contributed by atoms with Gasteiger partial charge in [-0.05, 0) is 99.5 Å². The zero-order valence-corrected chi connectivity index (χ0v) is 37.9. The van der Waals surface area contributed by atoms with Crippen molar-refractivity contribution in [3.05, 3.63) is 101 Å². The maximum Gasteiger partial charge on any atom is 0.274 e. The molecule has 2 aliphatic rings. The highest BCUT2D eigenvalue weighted by Crippen LogP contribution is 2.33. The molecule has 6 N–H and O–H groups in total. The van der Waals surface area contributed by atoms with Crippen LogP contribution in [0.1, 0.15) is 93.8 Å². The fraction of sp³-hybridized carbons (Fsp3) is 0.426. The lowest BCUT2D eigenvalue weighted by atomic mass is 9.85. The lowest BCUT2D eigenvalue weighted by molar-refractivity contribution is -0.147. The van der Waals surface area contributed by atoms with Crippen LogP contribution >= 0.6 is 11.3 Å². The second-order valence-electron chi connectivity index (χ2n) is 17.1. The van der Waals surface area contributed by atoms with Crippen LogP contribution in [0.25, 0.3) is 10.4 Å². The Labute approximate surface area is 373 Å². The molecule has 16 heteroatoms. The van der Waals surface area contributed by atoms with Crippen molar-refractivity contribution in [1.29, 1.82) is 5.41 Å². The van der Waals surface area contributed by atoms with Gasteiger partial charge in [-0.15, -0.1) is 11.3 Å². The van der Waals surface area contributed by atoms with Crippen LogP contribution in [0.2, 0.25) is 0 Å². The van der Waals surface area contributed by atoms with Gasteiger partial charge in [0.05, 0.1) is 52.4 Å². The van der Waals surface area contributed by atoms with Gasteiger partial charge in [-0.3, -0.25) is 24.6 Å². The Morgan fingerprint density at radius 2 is 1.68 bits per heavy atom. The molecule has 2 aromatic heterocycles. The lowest BCUT2D eigenvalue weighted by Gasteiger charge is -2.37. The third kappa shape index (κ3) is 11.3. The second kappa shape index (κ2) is 20.4. The first kappa shape index (κ1) is 46.4. The number of likely N-dealkylation sites (tertiary alicyclic amines) is 1. The minimum absolute atomic E-state index is 0.0872. The number of thiazole rings is 1. The first-order valence-electron chi connectivity index (χ1n) is 21.3. The van der Waals surface area contributed by atoms with E-state index in [0.717, 1.165) is 27.4 Å². The minimum Gasteiger partial charge on any atom is -0.494 e. The van der Waals surface area contributed by atoms with Crippen molar-refractivity contribution in [2.75, 3.05) is 37.0 Å². The molecule has 4 amide bonds. The number of hydrogen-bond acceptors (Lipinski definition) is 12. The molecule has 0 bridgehead atoms. The van der Waals surface area contributed by atoms with Crippen molar-refractivity contribution < 1.29 is 28.7 Å². The summed E-state index contributed by atoms with van der Waals surface area (Å²) >= 11 is 1.59. The molecule has 2 fully saturated rings. The number of benzene rings is 2. The monoisotopic (exact) mass is 877 g/mol. The van der Waals surface area contributed by atoms with Gasteiger partial charge in [0.1, 0.15) is 29.6 Å². The topological polar surface area (TPSA) is 205 Å². The number of ether oxygens (including phenoxy) is 2. The van der Waals surface area contributed by atoms with E-state index in [9.17, 15) is 19.2 Å². The van der Waals surface area contributed by atoms with E-state index in [1.54, 1.807) is 47.4 Å². The molecule has 4 aromatic rings. The zero-order valence-electron chi connectivity index (χ0n) is 37.1. The summed E-state index contributed by atoms with van der Waals surface area (Å²) in [7, 11) is 1.53. The number of allylic oxidation sites excluding steroid dienone is 1. The highest BCUT2D eigenvalue weighted by Gasteiger charge is 2.42. The summed E-state index contributed by atoms with van der Waals surface area (Å²) in [5.74, 6) is -0.853. The number of piperidine rings is 1. The summed E-state index contributed by atoms with van der Waals surface area (Å²) < 4.78 is 11.9. The average Bonchev–Trinajstić information content (AvgIpc) is 3.95. The number of aryl methyl sites for hydroxylation is 1. The van der Waals surface area contributed by atoms with Gasteiger partial charge in [0.15, 0.2) is 0 Å². The molecule has 15 nitrogen and oxygen atoms in total. The highest BCUT2D eigenvalue weighted by molar-refractivity contribution is 7.13. The number of nitrogens with one attached hydrogen (secondary N) is 4. The number of methoxy groups -OCH3 is 1. The first-order valence-corrected chi connectivity index (χ1v) is 22.2. The molecular weight excluding hydrogens is 819 g/mol. The molecule has 0 spiro atoms. The maximum absolute atomic E-state index is 14.2. The maximum atomic E-state index is 14.2. The molecule has 2 aromatic carbocycles. The molecule has 6 rings (SSSR count). The van der Waals surface area contributed by atoms with E-state index in [0.29, 0.717) is 62.4 Å². The zero-order chi connectivity index (χ0) is 45.4. The van der Waals surface area contributed by atoms with E-state index in [1.165, 1.54) is 19.4 Å². The van der Waals surface area contributed by atoms with Crippen LogP contribution in [-0.2, 0) is 19.1 Å². The van der Waals surface area contributed by atoms with Crippen molar-refractivity contribution in [2.45, 2.75) is 97.6 Å². The number of hydrogen-bond donors (Lipinski definition) is 5. The summed E-state index contributed by atoms with van der Waals surface area (Å²) in [6.07, 6.45) is 4.20. The highest BCUT2D eigenvalue weighted by atomic mass is 32.1. The van der Waals surface area contributed by atoms with Crippen molar-refractivity contribution in [1.82, 2.24) is 25.5 Å². The van der Waals surface area contributed by atoms with Crippen molar-refractivity contribution >= 4 is 52.1 Å². The lowest BCUT2D eigenvalue weighted by Crippen LogP contribution is -2.59. The molecule has 334 valence electrons. The van der Waals surface area contributed by atoms with Crippen LogP contribution in [0.4, 0.5) is 11.4 Å². The third-order valence-electron chi connectivity index (χ3n) is 11.5. The normalized spacial score (nSPS) is 17.2. The fourth-order valence-corrected chi connectivity index (χ4v) is 8.74. The number of aromatic nitrogens is 2. The molecule has 4 unspecified atom stereocenters. The van der Waals surface area contributed by atoms with E-state index in [2.05, 4.69) is 30.8 Å². The van der Waals surface area contributed by atoms with Crippen molar-refractivity contribution in [3.8, 4) is 16.2 Å². The largest absolute Gasteiger partial charge is 0.494 e. The van der Waals surface area contributed by atoms with Crippen LogP contribution in [0.15, 0.2) is 78.5 Å². The number of nitrogens with zero attached hydrogens (tertiary/aromatic N) is 4. The van der Waals surface area contributed by atoms with E-state index >= 15 is 0 Å². The summed E-state index contributed by atoms with van der Waals surface area (Å²) in [5, 5.41) is 17.0. The van der Waals surface area contributed by atoms with E-state index in [1.807, 2.05) is 76.5 Å². The number of pyridine rings is 1. The molecule has 2 aliphatic heterocycles. The van der Waals surface area contributed by atoms with Gasteiger partial charge in [-0.25, -0.2) is 9.97 Å². The van der Waals surface area contributed by atoms with Gasteiger partial charge in [-0.2, -0.15) is 0 Å². The summed E-state index contributed by atoms with van der Waals surface area (Å²) in [4.78, 5) is 68.3. The molecule has 2 saturated heterocycles. The van der Waals surface area contributed by atoms with Gasteiger partial charge in [0.25, 0.3) is 5.91 Å². The number of amides is 4. The van der Waals surface area contributed by atoms with E-state index in [-0.39, 0.29) is 41.3 Å². The van der Waals surface area contributed by atoms with Gasteiger partial charge in [-0.1, -0.05) is 51.1 Å². The summed E-state index contributed by atoms with van der Waals surface area (Å²) in [6.45, 7) is 13.1. The minimum atomic E-state index is -0.871. The van der Waals surface area contributed by atoms with Crippen LogP contribution in [-0.4, -0.2) is 95.2 Å². The molecule has 0 saturated carbocycles. The molecular formula is C47H59N9O6S. The SMILES string of the molecule is COc1cc(N2CCC(OC(C)C(=O)NC(C(=O)N3CCCC3C(=O)NC(C)c3ccc(-c4scnc4C)cc3)C(C)(C)C)CC2)ccc1NC(=O)c1cccc(C(=N)/C=C\N)n1. The first-order chi connectivity index (χ1) is 30.1. The Morgan fingerprint density at radius 3 is 2.33 bits per heavy atom. The fourth-order valence-electron chi connectivity index (χ4n) is 7.93. The van der Waals surface area contributed by atoms with Crippen LogP contribution in [0.3, 0.4) is 0 Å². The predicted molar refractivity (Wildman–Crippen MR) is 246 cm³/mol. The Bertz CT molecular complexity index is 2320. The van der Waals surface area contributed by atoms with Crippen LogP contribution < -0.4 is 31.3 Å². The van der Waals surface area contributed by atoms with Gasteiger partial charge in [0, 0.05) is 31.4 Å². The Balaban J connectivity index is 1.00. The number of anilines is 2. The Kier molecular flexibility index (Phi) is 15.0. The molecule has 4 heterocycles. The Hall–Kier alpha value is -6.13. The number of carbonyl (C=O) groups excluding carboxylic acids is 4. The van der Waals surface area contributed by atoms with Crippen LogP contribution in [0, 0.1) is 17.7 Å². The smallest absolute Gasteiger partial charge is 0.274 e. The molecule has 0 radical (unpaired) electrons. The average molecular weight is 878 g/mol. The third-order valence-corrected chi connectivity index (χ3v) is 12.5. The van der Waals surface area contributed by atoms with Gasteiger partial charge in [0.2, 0.25) is 17.7 Å². The number of nitrogens with two attached hydrogens (primary N) is 1. The number of carbonyl (C=O) groups is 4. The van der Waals surface area contributed by atoms with Crippen LogP contribution in [0.5, 0.6) is 5.75 Å². The summed E-state index contributed by atoms with van der Waals surface area (Å²) in [5.41, 5.74) is 11.5. The number of rotatable bonds is 15. The molecule has 0 aliphatic carbocycles. The molecule has 63 heavy (non-hydrogen) atoms. The second-order valence-corrected chi connectivity index (χ2v) is 18.0. The van der Waals surface area contributed by atoms with E-state index < -0.39 is 29.5 Å². The van der Waals surface area contributed by atoms with E-state index in [4.69, 9.17) is 20.6 Å². The van der Waals surface area contributed by atoms with Gasteiger partial charge < -0.3 is 41.0 Å². The molecule has 4 atom stereocenters. The van der Waals surface area contributed by atoms with Crippen molar-refractivity contribution in [2.24, 2.45) is 11.1 Å². The predicted octanol–water partition coefficient (Wildman–Crippen LogP) is 6.39. The van der Waals surface area contributed by atoms with Crippen molar-refractivity contribution in [3.63, 3.8) is 0 Å². The standard InChI is InChI=1S/C47H59N9O6S/c1-28(31-13-15-32(16-14-31)41-29(2)50-27-63-41)51-45(59)39-12-9-23-56(39)46(60)42(47(4,5)6)54-43(57)30(3)62-34-20-24-55(25-21-34)33-17-18-37(40(26-33)61-7)53-44(58)38-11-8-10-36(52-38)35(49)19-22-48/h8,10-11,13-19,22,26-28,30,34,39,42,49H,9,12,20-21,23-25,48H2,1-7H3,(H,51,59)(H,53,58)(H,54,57)/b22-19-,49-35?. The van der Waals surface area contributed by atoms with Gasteiger partial charge >= 0.3 is 0 Å². The quantitative estimate of drug-likeness (QED) is 0.0833. The summed E-state index contributed by atoms with van der Waals surface area (Å²) in [6, 6.07) is 16.7. The Morgan fingerprint density at radius 1 is 0.968 bits per heavy atom.